The first-order chi connectivity index (χ1) is 9.70. The molecule has 0 aromatic carbocycles. The predicted molar refractivity (Wildman–Crippen MR) is 79.3 cm³/mol. The second-order valence-electron chi connectivity index (χ2n) is 6.06. The van der Waals surface area contributed by atoms with Crippen molar-refractivity contribution in [3.8, 4) is 0 Å². The quantitative estimate of drug-likeness (QED) is 0.483. The summed E-state index contributed by atoms with van der Waals surface area (Å²) >= 11 is 0. The number of rotatable bonds is 9. The molecule has 0 unspecified atom stereocenters. The van der Waals surface area contributed by atoms with Gasteiger partial charge in [0.1, 0.15) is 5.78 Å². The van der Waals surface area contributed by atoms with Crippen molar-refractivity contribution in [1.29, 1.82) is 0 Å². The molecule has 0 aromatic rings. The molecule has 0 spiro atoms. The molecule has 5 heteroatoms. The summed E-state index contributed by atoms with van der Waals surface area (Å²) in [6.45, 7) is 10.6. The van der Waals surface area contributed by atoms with Crippen LogP contribution in [-0.2, 0) is 23.9 Å². The third kappa shape index (κ3) is 7.25. The zero-order valence-corrected chi connectivity index (χ0v) is 14.0. The first-order valence-electron chi connectivity index (χ1n) is 7.53. The SMILES string of the molecule is CC[C@H](C(=O)OCOC(=O)[C@@H](CC(C)=O)C(C)C)C(C)C. The smallest absolute Gasteiger partial charge is 0.312 e. The largest absolute Gasteiger partial charge is 0.428 e. The zero-order chi connectivity index (χ0) is 16.6. The molecule has 0 saturated heterocycles. The molecule has 0 aliphatic rings. The molecule has 2 atom stereocenters. The van der Waals surface area contributed by atoms with E-state index in [4.69, 9.17) is 9.47 Å². The lowest BCUT2D eigenvalue weighted by Gasteiger charge is -2.20. The monoisotopic (exact) mass is 300 g/mol. The standard InChI is InChI=1S/C16H28O5/c1-7-13(10(2)3)15(18)20-9-21-16(19)14(11(4)5)8-12(6)17/h10-11,13-14H,7-9H2,1-6H3/t13-,14-/m0/s1. The molecule has 122 valence electrons. The lowest BCUT2D eigenvalue weighted by atomic mass is 9.91. The van der Waals surface area contributed by atoms with Crippen molar-refractivity contribution in [3.63, 3.8) is 0 Å². The predicted octanol–water partition coefficient (Wildman–Crippen LogP) is 2.96. The highest BCUT2D eigenvalue weighted by Gasteiger charge is 2.26. The second kappa shape index (κ2) is 9.53. The van der Waals surface area contributed by atoms with E-state index in [9.17, 15) is 14.4 Å². The van der Waals surface area contributed by atoms with Gasteiger partial charge in [-0.15, -0.1) is 0 Å². The van der Waals surface area contributed by atoms with Crippen molar-refractivity contribution in [3.05, 3.63) is 0 Å². The van der Waals surface area contributed by atoms with Gasteiger partial charge in [-0.25, -0.2) is 0 Å². The van der Waals surface area contributed by atoms with Gasteiger partial charge in [-0.3, -0.25) is 9.59 Å². The van der Waals surface area contributed by atoms with Gasteiger partial charge in [0.15, 0.2) is 0 Å². The van der Waals surface area contributed by atoms with Crippen molar-refractivity contribution in [2.75, 3.05) is 6.79 Å². The molecule has 0 heterocycles. The second-order valence-corrected chi connectivity index (χ2v) is 6.06. The van der Waals surface area contributed by atoms with E-state index in [0.29, 0.717) is 6.42 Å². The van der Waals surface area contributed by atoms with E-state index in [1.54, 1.807) is 0 Å². The summed E-state index contributed by atoms with van der Waals surface area (Å²) in [5.41, 5.74) is 0. The molecular weight excluding hydrogens is 272 g/mol. The van der Waals surface area contributed by atoms with E-state index < -0.39 is 11.9 Å². The van der Waals surface area contributed by atoms with Crippen LogP contribution in [0.1, 0.15) is 54.4 Å². The molecule has 21 heavy (non-hydrogen) atoms. The maximum Gasteiger partial charge on any atom is 0.312 e. The lowest BCUT2D eigenvalue weighted by Crippen LogP contribution is -2.28. The summed E-state index contributed by atoms with van der Waals surface area (Å²) in [6, 6.07) is 0. The molecule has 0 amide bonds. The van der Waals surface area contributed by atoms with Crippen LogP contribution in [0.25, 0.3) is 0 Å². The molecule has 0 aliphatic heterocycles. The summed E-state index contributed by atoms with van der Waals surface area (Å²) in [4.78, 5) is 34.9. The number of carbonyl (C=O) groups excluding carboxylic acids is 3. The van der Waals surface area contributed by atoms with E-state index in [2.05, 4.69) is 0 Å². The maximum absolute atomic E-state index is 11.9. The first-order valence-corrected chi connectivity index (χ1v) is 7.53. The molecule has 0 aliphatic carbocycles. The van der Waals surface area contributed by atoms with Crippen LogP contribution >= 0.6 is 0 Å². The van der Waals surface area contributed by atoms with E-state index >= 15 is 0 Å². The van der Waals surface area contributed by atoms with Crippen LogP contribution in [0.2, 0.25) is 0 Å². The zero-order valence-electron chi connectivity index (χ0n) is 14.0. The molecule has 0 radical (unpaired) electrons. The fourth-order valence-corrected chi connectivity index (χ4v) is 2.17. The van der Waals surface area contributed by atoms with Crippen molar-refractivity contribution < 1.29 is 23.9 Å². The van der Waals surface area contributed by atoms with Crippen LogP contribution in [0, 0.1) is 23.7 Å². The van der Waals surface area contributed by atoms with Crippen molar-refractivity contribution in [1.82, 2.24) is 0 Å². The Morgan fingerprint density at radius 1 is 0.857 bits per heavy atom. The van der Waals surface area contributed by atoms with Gasteiger partial charge in [-0.05, 0) is 25.2 Å². The molecule has 0 N–H and O–H groups in total. The average Bonchev–Trinajstić information content (AvgIpc) is 2.35. The van der Waals surface area contributed by atoms with E-state index in [-0.39, 0.29) is 42.7 Å². The Morgan fingerprint density at radius 2 is 1.29 bits per heavy atom. The Balaban J connectivity index is 4.35. The number of hydrogen-bond donors (Lipinski definition) is 0. The number of ether oxygens (including phenoxy) is 2. The fraction of sp³-hybridized carbons (Fsp3) is 0.812. The third-order valence-corrected chi connectivity index (χ3v) is 3.56. The molecule has 5 nitrogen and oxygen atoms in total. The Hall–Kier alpha value is -1.39. The van der Waals surface area contributed by atoms with Crippen LogP contribution in [0.15, 0.2) is 0 Å². The van der Waals surface area contributed by atoms with Crippen LogP contribution in [0.3, 0.4) is 0 Å². The number of esters is 2. The number of ketones is 1. The van der Waals surface area contributed by atoms with E-state index in [1.165, 1.54) is 6.92 Å². The molecule has 0 bridgehead atoms. The van der Waals surface area contributed by atoms with Gasteiger partial charge in [0.25, 0.3) is 0 Å². The average molecular weight is 300 g/mol. The van der Waals surface area contributed by atoms with Crippen molar-refractivity contribution in [2.45, 2.75) is 54.4 Å². The van der Waals surface area contributed by atoms with Gasteiger partial charge >= 0.3 is 11.9 Å². The molecule has 0 rings (SSSR count). The summed E-state index contributed by atoms with van der Waals surface area (Å²) in [5, 5.41) is 0. The van der Waals surface area contributed by atoms with Gasteiger partial charge in [0.2, 0.25) is 6.79 Å². The molecule has 0 fully saturated rings. The Morgan fingerprint density at radius 3 is 1.62 bits per heavy atom. The third-order valence-electron chi connectivity index (χ3n) is 3.56. The Labute approximate surface area is 127 Å². The van der Waals surface area contributed by atoms with Crippen LogP contribution in [0.5, 0.6) is 0 Å². The van der Waals surface area contributed by atoms with E-state index in [1.807, 2.05) is 34.6 Å². The highest BCUT2D eigenvalue weighted by molar-refractivity contribution is 5.83. The minimum atomic E-state index is -0.495. The number of hydrogen-bond acceptors (Lipinski definition) is 5. The molecular formula is C16H28O5. The highest BCUT2D eigenvalue weighted by Crippen LogP contribution is 2.19. The summed E-state index contributed by atoms with van der Waals surface area (Å²) in [5.74, 6) is -1.42. The van der Waals surface area contributed by atoms with Gasteiger partial charge in [-0.2, -0.15) is 0 Å². The van der Waals surface area contributed by atoms with Gasteiger partial charge in [0.05, 0.1) is 11.8 Å². The Kier molecular flexibility index (Phi) is 8.90. The number of carbonyl (C=O) groups is 3. The minimum absolute atomic E-state index is 0.00356. The first kappa shape index (κ1) is 19.6. The van der Waals surface area contributed by atoms with Crippen LogP contribution in [0.4, 0.5) is 0 Å². The van der Waals surface area contributed by atoms with Crippen LogP contribution in [-0.4, -0.2) is 24.5 Å². The minimum Gasteiger partial charge on any atom is -0.428 e. The highest BCUT2D eigenvalue weighted by atomic mass is 16.7. The summed E-state index contributed by atoms with van der Waals surface area (Å²) in [7, 11) is 0. The molecule has 0 aromatic heterocycles. The maximum atomic E-state index is 11.9. The summed E-state index contributed by atoms with van der Waals surface area (Å²) in [6.07, 6.45) is 0.831. The van der Waals surface area contributed by atoms with E-state index in [0.717, 1.165) is 0 Å². The normalized spacial score (nSPS) is 13.9. The topological polar surface area (TPSA) is 69.7 Å². The van der Waals surface area contributed by atoms with Gasteiger partial charge in [-0.1, -0.05) is 34.6 Å². The van der Waals surface area contributed by atoms with Crippen molar-refractivity contribution >= 4 is 17.7 Å². The summed E-state index contributed by atoms with van der Waals surface area (Å²) < 4.78 is 9.97. The lowest BCUT2D eigenvalue weighted by molar-refractivity contribution is -0.175. The number of Topliss-reactive ketones (excluding diaryl/α,β-unsaturated/α-hetero) is 1. The fourth-order valence-electron chi connectivity index (χ4n) is 2.17. The Bertz CT molecular complexity index is 360. The van der Waals surface area contributed by atoms with Gasteiger partial charge in [0, 0.05) is 6.42 Å². The van der Waals surface area contributed by atoms with Gasteiger partial charge < -0.3 is 14.3 Å². The van der Waals surface area contributed by atoms with Crippen LogP contribution < -0.4 is 0 Å². The van der Waals surface area contributed by atoms with Crippen molar-refractivity contribution in [2.24, 2.45) is 23.7 Å². The molecule has 0 saturated carbocycles.